The third-order valence-corrected chi connectivity index (χ3v) is 11.6. The Morgan fingerprint density at radius 2 is 0.686 bits per heavy atom. The number of hydrogen-bond donors (Lipinski definition) is 0. The van der Waals surface area contributed by atoms with Crippen molar-refractivity contribution < 1.29 is 0 Å². The van der Waals surface area contributed by atoms with Crippen LogP contribution in [0.15, 0.2) is 146 Å². The van der Waals surface area contributed by atoms with E-state index in [4.69, 9.17) is 0 Å². The van der Waals surface area contributed by atoms with Crippen LogP contribution in [0.4, 0.5) is 17.1 Å². The minimum Gasteiger partial charge on any atom is -0.310 e. The SMILES string of the molecule is N#Cc1ccc(-c2ccc(N(c3ccc(-c4ccc5c(c4)sc4cc(C#N)ccc45)cc3)c3ccc4c(c3)sc3cc(C#N)ccc34)cc2)cc1. The van der Waals surface area contributed by atoms with Gasteiger partial charge in [-0.3, -0.25) is 0 Å². The van der Waals surface area contributed by atoms with Crippen LogP contribution in [-0.2, 0) is 0 Å². The van der Waals surface area contributed by atoms with E-state index in [2.05, 4.69) is 108 Å². The molecule has 51 heavy (non-hydrogen) atoms. The molecule has 9 rings (SSSR count). The quantitative estimate of drug-likeness (QED) is 0.181. The Hall–Kier alpha value is -6.75. The van der Waals surface area contributed by atoms with Crippen LogP contribution in [-0.4, -0.2) is 0 Å². The van der Waals surface area contributed by atoms with E-state index in [0.717, 1.165) is 58.8 Å². The lowest BCUT2D eigenvalue weighted by atomic mass is 10.0. The fourth-order valence-corrected chi connectivity index (χ4v) is 9.15. The minimum atomic E-state index is 0.642. The normalized spacial score (nSPS) is 11.1. The van der Waals surface area contributed by atoms with E-state index in [1.807, 2.05) is 60.7 Å². The highest BCUT2D eigenvalue weighted by molar-refractivity contribution is 7.26. The van der Waals surface area contributed by atoms with Crippen LogP contribution in [0, 0.1) is 34.0 Å². The minimum absolute atomic E-state index is 0.642. The van der Waals surface area contributed by atoms with Gasteiger partial charge in [-0.05, 0) is 101 Å². The number of anilines is 3. The molecule has 9 aromatic rings. The van der Waals surface area contributed by atoms with Gasteiger partial charge in [0.25, 0.3) is 0 Å². The zero-order valence-electron chi connectivity index (χ0n) is 27.0. The third-order valence-electron chi connectivity index (χ3n) is 9.38. The van der Waals surface area contributed by atoms with Gasteiger partial charge in [0.2, 0.25) is 0 Å². The van der Waals surface area contributed by atoms with Gasteiger partial charge in [-0.1, -0.05) is 66.7 Å². The summed E-state index contributed by atoms with van der Waals surface area (Å²) in [4.78, 5) is 2.28. The van der Waals surface area contributed by atoms with Crippen LogP contribution in [0.3, 0.4) is 0 Å². The van der Waals surface area contributed by atoms with Crippen LogP contribution in [0.25, 0.3) is 62.6 Å². The average Bonchev–Trinajstić information content (AvgIpc) is 3.75. The predicted molar refractivity (Wildman–Crippen MR) is 212 cm³/mol. The molecule has 236 valence electrons. The molecular formula is C45H24N4S2. The maximum absolute atomic E-state index is 9.47. The average molecular weight is 685 g/mol. The lowest BCUT2D eigenvalue weighted by Crippen LogP contribution is -2.09. The van der Waals surface area contributed by atoms with Gasteiger partial charge < -0.3 is 4.90 Å². The highest BCUT2D eigenvalue weighted by Crippen LogP contribution is 2.42. The van der Waals surface area contributed by atoms with Crippen molar-refractivity contribution in [1.29, 1.82) is 15.8 Å². The molecule has 2 aromatic heterocycles. The van der Waals surface area contributed by atoms with E-state index in [1.54, 1.807) is 22.7 Å². The van der Waals surface area contributed by atoms with Gasteiger partial charge in [-0.25, -0.2) is 0 Å². The smallest absolute Gasteiger partial charge is 0.0992 e. The first-order valence-electron chi connectivity index (χ1n) is 16.3. The van der Waals surface area contributed by atoms with Crippen molar-refractivity contribution in [3.8, 4) is 40.5 Å². The molecule has 0 aliphatic rings. The van der Waals surface area contributed by atoms with E-state index in [-0.39, 0.29) is 0 Å². The molecule has 4 nitrogen and oxygen atoms in total. The highest BCUT2D eigenvalue weighted by atomic mass is 32.1. The van der Waals surface area contributed by atoms with Crippen molar-refractivity contribution in [2.24, 2.45) is 0 Å². The Morgan fingerprint density at radius 1 is 0.333 bits per heavy atom. The number of rotatable bonds is 5. The summed E-state index contributed by atoms with van der Waals surface area (Å²) in [6, 6.07) is 56.6. The van der Waals surface area contributed by atoms with Gasteiger partial charge in [-0.2, -0.15) is 15.8 Å². The largest absolute Gasteiger partial charge is 0.310 e. The molecule has 0 fully saturated rings. The second-order valence-electron chi connectivity index (χ2n) is 12.4. The first-order valence-corrected chi connectivity index (χ1v) is 18.0. The van der Waals surface area contributed by atoms with Crippen molar-refractivity contribution in [1.82, 2.24) is 0 Å². The number of benzene rings is 7. The van der Waals surface area contributed by atoms with Crippen LogP contribution >= 0.6 is 22.7 Å². The summed E-state index contributed by atoms with van der Waals surface area (Å²) in [5.74, 6) is 0. The molecule has 0 unspecified atom stereocenters. The zero-order valence-corrected chi connectivity index (χ0v) is 28.6. The fourth-order valence-electron chi connectivity index (χ4n) is 6.79. The monoisotopic (exact) mass is 684 g/mol. The molecule has 0 bridgehead atoms. The van der Waals surface area contributed by atoms with Crippen LogP contribution < -0.4 is 4.90 Å². The predicted octanol–water partition coefficient (Wildman–Crippen LogP) is 12.8. The van der Waals surface area contributed by atoms with E-state index in [0.29, 0.717) is 16.7 Å². The van der Waals surface area contributed by atoms with Gasteiger partial charge in [0.15, 0.2) is 0 Å². The first kappa shape index (κ1) is 30.3. The summed E-state index contributed by atoms with van der Waals surface area (Å²) in [6.45, 7) is 0. The number of nitriles is 3. The fraction of sp³-hybridized carbons (Fsp3) is 0. The molecule has 6 heteroatoms. The van der Waals surface area contributed by atoms with E-state index in [9.17, 15) is 15.8 Å². The Balaban J connectivity index is 1.12. The Labute approximate surface area is 302 Å². The Morgan fingerprint density at radius 3 is 1.20 bits per heavy atom. The summed E-state index contributed by atoms with van der Waals surface area (Å²) in [7, 11) is 0. The van der Waals surface area contributed by atoms with Gasteiger partial charge in [0.05, 0.1) is 34.9 Å². The van der Waals surface area contributed by atoms with E-state index in [1.165, 1.54) is 20.9 Å². The number of fused-ring (bicyclic) bond motifs is 6. The number of thiophene rings is 2. The molecule has 0 spiro atoms. The van der Waals surface area contributed by atoms with Gasteiger partial charge in [0.1, 0.15) is 0 Å². The molecule has 0 N–H and O–H groups in total. The topological polar surface area (TPSA) is 74.6 Å². The summed E-state index contributed by atoms with van der Waals surface area (Å²) >= 11 is 3.42. The van der Waals surface area contributed by atoms with Crippen molar-refractivity contribution >= 4 is 80.1 Å². The summed E-state index contributed by atoms with van der Waals surface area (Å²) < 4.78 is 4.58. The standard InChI is InChI=1S/C45H24N4S2/c46-25-28-1-5-31(6-2-28)32-7-12-35(13-8-32)49(37-16-20-41-39-18-4-30(27-48)22-43(39)51-45(41)24-37)36-14-9-33(10-15-36)34-11-19-40-38-17-3-29(26-47)21-42(38)50-44(40)23-34/h1-24H. The van der Waals surface area contributed by atoms with Crippen molar-refractivity contribution in [2.75, 3.05) is 4.90 Å². The first-order chi connectivity index (χ1) is 25.1. The van der Waals surface area contributed by atoms with Crippen molar-refractivity contribution in [3.05, 3.63) is 162 Å². The second-order valence-corrected chi connectivity index (χ2v) is 14.5. The molecule has 0 aliphatic carbocycles. The van der Waals surface area contributed by atoms with Gasteiger partial charge in [-0.15, -0.1) is 22.7 Å². The molecule has 0 atom stereocenters. The Bertz CT molecular complexity index is 2930. The molecule has 0 amide bonds. The second kappa shape index (κ2) is 12.3. The molecule has 0 radical (unpaired) electrons. The van der Waals surface area contributed by atoms with Crippen molar-refractivity contribution in [2.45, 2.75) is 0 Å². The number of hydrogen-bond acceptors (Lipinski definition) is 6. The summed E-state index contributed by atoms with van der Waals surface area (Å²) in [5, 5.41) is 32.8. The Kier molecular flexibility index (Phi) is 7.31. The van der Waals surface area contributed by atoms with Crippen LogP contribution in [0.5, 0.6) is 0 Å². The maximum atomic E-state index is 9.47. The molecule has 7 aromatic carbocycles. The lowest BCUT2D eigenvalue weighted by molar-refractivity contribution is 1.29. The molecule has 0 aliphatic heterocycles. The molecule has 0 saturated heterocycles. The lowest BCUT2D eigenvalue weighted by Gasteiger charge is -2.26. The van der Waals surface area contributed by atoms with Gasteiger partial charge in [0, 0.05) is 57.4 Å². The zero-order chi connectivity index (χ0) is 34.5. The van der Waals surface area contributed by atoms with E-state index >= 15 is 0 Å². The molecule has 2 heterocycles. The molecule has 0 saturated carbocycles. The highest BCUT2D eigenvalue weighted by Gasteiger charge is 2.16. The molecular weight excluding hydrogens is 661 g/mol. The summed E-state index contributed by atoms with van der Waals surface area (Å²) in [6.07, 6.45) is 0. The summed E-state index contributed by atoms with van der Waals surface area (Å²) in [5.41, 5.74) is 9.48. The maximum Gasteiger partial charge on any atom is 0.0992 e. The van der Waals surface area contributed by atoms with Crippen LogP contribution in [0.1, 0.15) is 16.7 Å². The number of nitrogens with zero attached hydrogens (tertiary/aromatic N) is 4. The van der Waals surface area contributed by atoms with Crippen molar-refractivity contribution in [3.63, 3.8) is 0 Å². The van der Waals surface area contributed by atoms with Crippen LogP contribution in [0.2, 0.25) is 0 Å². The third kappa shape index (κ3) is 5.35. The van der Waals surface area contributed by atoms with E-state index < -0.39 is 0 Å². The van der Waals surface area contributed by atoms with Gasteiger partial charge >= 0.3 is 0 Å².